The van der Waals surface area contributed by atoms with Crippen molar-refractivity contribution < 1.29 is 4.74 Å². The first kappa shape index (κ1) is 12.0. The van der Waals surface area contributed by atoms with E-state index in [1.165, 1.54) is 38.5 Å². The van der Waals surface area contributed by atoms with Crippen molar-refractivity contribution in [2.75, 3.05) is 13.1 Å². The summed E-state index contributed by atoms with van der Waals surface area (Å²) in [5.41, 5.74) is 0. The molecule has 1 aliphatic rings. The molecule has 0 aromatic carbocycles. The second-order valence-corrected chi connectivity index (χ2v) is 4.37. The molecule has 1 fully saturated rings. The molecule has 1 saturated carbocycles. The van der Waals surface area contributed by atoms with Gasteiger partial charge in [-0.3, -0.25) is 0 Å². The fraction of sp³-hybridized carbons (Fsp3) is 1.00. The van der Waals surface area contributed by atoms with Crippen LogP contribution in [0.3, 0.4) is 0 Å². The van der Waals surface area contributed by atoms with Crippen LogP contribution in [0.15, 0.2) is 0 Å². The van der Waals surface area contributed by atoms with E-state index in [1.54, 1.807) is 0 Å². The zero-order valence-electron chi connectivity index (χ0n) is 9.72. The van der Waals surface area contributed by atoms with Crippen LogP contribution in [0.25, 0.3) is 0 Å². The van der Waals surface area contributed by atoms with Crippen LogP contribution in [0.1, 0.15) is 52.4 Å². The number of hydrogen-bond donors (Lipinski definition) is 1. The van der Waals surface area contributed by atoms with Gasteiger partial charge in [0.25, 0.3) is 0 Å². The minimum atomic E-state index is 0.373. The topological polar surface area (TPSA) is 21.3 Å². The lowest BCUT2D eigenvalue weighted by Crippen LogP contribution is -2.30. The maximum Gasteiger partial charge on any atom is 0.0675 e. The van der Waals surface area contributed by atoms with Crippen LogP contribution >= 0.6 is 0 Å². The van der Waals surface area contributed by atoms with Crippen molar-refractivity contribution in [1.82, 2.24) is 5.32 Å². The summed E-state index contributed by atoms with van der Waals surface area (Å²) in [7, 11) is 0. The Bertz CT molecular complexity index is 130. The first-order chi connectivity index (χ1) is 6.83. The summed E-state index contributed by atoms with van der Waals surface area (Å²) in [5, 5.41) is 3.33. The lowest BCUT2D eigenvalue weighted by atomic mass is 10.1. The molecule has 1 aliphatic carbocycles. The first-order valence-corrected chi connectivity index (χ1v) is 6.19. The summed E-state index contributed by atoms with van der Waals surface area (Å²) >= 11 is 0. The highest BCUT2D eigenvalue weighted by molar-refractivity contribution is 4.66. The van der Waals surface area contributed by atoms with Crippen LogP contribution in [-0.4, -0.2) is 25.3 Å². The molecule has 0 radical (unpaired) electrons. The van der Waals surface area contributed by atoms with Crippen molar-refractivity contribution in [3.05, 3.63) is 0 Å². The van der Waals surface area contributed by atoms with Gasteiger partial charge in [0, 0.05) is 6.54 Å². The van der Waals surface area contributed by atoms with E-state index in [-0.39, 0.29) is 0 Å². The fourth-order valence-electron chi connectivity index (χ4n) is 2.10. The van der Waals surface area contributed by atoms with Gasteiger partial charge < -0.3 is 10.1 Å². The minimum Gasteiger partial charge on any atom is -0.374 e. The standard InChI is InChI=1S/C12H25NO/c1-3-13-10-11(2)14-12-8-6-4-5-7-9-12/h11-13H,3-10H2,1-2H3. The van der Waals surface area contributed by atoms with E-state index < -0.39 is 0 Å². The summed E-state index contributed by atoms with van der Waals surface area (Å²) in [5.74, 6) is 0. The molecule has 0 aromatic rings. The summed E-state index contributed by atoms with van der Waals surface area (Å²) in [6.07, 6.45) is 8.98. The van der Waals surface area contributed by atoms with Gasteiger partial charge in [0.1, 0.15) is 0 Å². The van der Waals surface area contributed by atoms with E-state index >= 15 is 0 Å². The van der Waals surface area contributed by atoms with E-state index in [0.29, 0.717) is 12.2 Å². The Morgan fingerprint density at radius 3 is 2.43 bits per heavy atom. The molecule has 1 N–H and O–H groups in total. The number of likely N-dealkylation sites (N-methyl/N-ethyl adjacent to an activating group) is 1. The van der Waals surface area contributed by atoms with E-state index in [1.807, 2.05) is 0 Å². The van der Waals surface area contributed by atoms with Gasteiger partial charge >= 0.3 is 0 Å². The van der Waals surface area contributed by atoms with Crippen molar-refractivity contribution >= 4 is 0 Å². The third-order valence-corrected chi connectivity index (χ3v) is 2.91. The smallest absolute Gasteiger partial charge is 0.0675 e. The highest BCUT2D eigenvalue weighted by atomic mass is 16.5. The van der Waals surface area contributed by atoms with Gasteiger partial charge in [0.05, 0.1) is 12.2 Å². The van der Waals surface area contributed by atoms with Gasteiger partial charge in [-0.2, -0.15) is 0 Å². The van der Waals surface area contributed by atoms with Crippen molar-refractivity contribution in [3.8, 4) is 0 Å². The van der Waals surface area contributed by atoms with Crippen molar-refractivity contribution in [2.45, 2.75) is 64.6 Å². The van der Waals surface area contributed by atoms with Crippen LogP contribution in [-0.2, 0) is 4.74 Å². The molecule has 0 aromatic heterocycles. The number of rotatable bonds is 5. The lowest BCUT2D eigenvalue weighted by molar-refractivity contribution is -0.00848. The molecule has 2 nitrogen and oxygen atoms in total. The third kappa shape index (κ3) is 4.97. The van der Waals surface area contributed by atoms with Crippen LogP contribution in [0, 0.1) is 0 Å². The van der Waals surface area contributed by atoms with E-state index in [2.05, 4.69) is 19.2 Å². The third-order valence-electron chi connectivity index (χ3n) is 2.91. The highest BCUT2D eigenvalue weighted by Crippen LogP contribution is 2.20. The Morgan fingerprint density at radius 2 is 1.86 bits per heavy atom. The lowest BCUT2D eigenvalue weighted by Gasteiger charge is -2.21. The fourth-order valence-corrected chi connectivity index (χ4v) is 2.10. The van der Waals surface area contributed by atoms with Gasteiger partial charge in [0.2, 0.25) is 0 Å². The summed E-state index contributed by atoms with van der Waals surface area (Å²) < 4.78 is 6.01. The predicted octanol–water partition coefficient (Wildman–Crippen LogP) is 2.72. The zero-order chi connectivity index (χ0) is 10.2. The van der Waals surface area contributed by atoms with Gasteiger partial charge in [-0.05, 0) is 26.3 Å². The Hall–Kier alpha value is -0.0800. The predicted molar refractivity (Wildman–Crippen MR) is 60.6 cm³/mol. The van der Waals surface area contributed by atoms with Crippen LogP contribution in [0.4, 0.5) is 0 Å². The Morgan fingerprint density at radius 1 is 1.21 bits per heavy atom. The molecular formula is C12H25NO. The van der Waals surface area contributed by atoms with Gasteiger partial charge in [-0.25, -0.2) is 0 Å². The SMILES string of the molecule is CCNCC(C)OC1CCCCCC1. The summed E-state index contributed by atoms with van der Waals surface area (Å²) in [6.45, 7) is 6.34. The second-order valence-electron chi connectivity index (χ2n) is 4.37. The monoisotopic (exact) mass is 199 g/mol. The van der Waals surface area contributed by atoms with Crippen molar-refractivity contribution in [2.24, 2.45) is 0 Å². The van der Waals surface area contributed by atoms with E-state index in [4.69, 9.17) is 4.74 Å². The number of hydrogen-bond acceptors (Lipinski definition) is 2. The minimum absolute atomic E-state index is 0.373. The molecule has 1 atom stereocenters. The molecule has 1 unspecified atom stereocenters. The van der Waals surface area contributed by atoms with Crippen molar-refractivity contribution in [1.29, 1.82) is 0 Å². The largest absolute Gasteiger partial charge is 0.374 e. The van der Waals surface area contributed by atoms with Crippen molar-refractivity contribution in [3.63, 3.8) is 0 Å². The maximum absolute atomic E-state index is 6.01. The zero-order valence-corrected chi connectivity index (χ0v) is 9.72. The second kappa shape index (κ2) is 7.24. The molecule has 14 heavy (non-hydrogen) atoms. The summed E-state index contributed by atoms with van der Waals surface area (Å²) in [6, 6.07) is 0. The molecule has 2 heteroatoms. The molecule has 0 saturated heterocycles. The quantitative estimate of drug-likeness (QED) is 0.687. The molecule has 0 heterocycles. The molecular weight excluding hydrogens is 174 g/mol. The van der Waals surface area contributed by atoms with Gasteiger partial charge in [0.15, 0.2) is 0 Å². The van der Waals surface area contributed by atoms with Crippen LogP contribution in [0.2, 0.25) is 0 Å². The van der Waals surface area contributed by atoms with Gasteiger partial charge in [-0.1, -0.05) is 32.6 Å². The van der Waals surface area contributed by atoms with Crippen LogP contribution in [0.5, 0.6) is 0 Å². The Labute approximate surface area is 88.4 Å². The van der Waals surface area contributed by atoms with E-state index in [9.17, 15) is 0 Å². The van der Waals surface area contributed by atoms with E-state index in [0.717, 1.165) is 13.1 Å². The van der Waals surface area contributed by atoms with Gasteiger partial charge in [-0.15, -0.1) is 0 Å². The molecule has 0 aliphatic heterocycles. The normalized spacial score (nSPS) is 21.9. The maximum atomic E-state index is 6.01. The average molecular weight is 199 g/mol. The molecule has 0 amide bonds. The number of nitrogens with one attached hydrogen (secondary N) is 1. The highest BCUT2D eigenvalue weighted by Gasteiger charge is 2.15. The molecule has 0 spiro atoms. The number of ether oxygens (including phenoxy) is 1. The molecule has 0 bridgehead atoms. The summed E-state index contributed by atoms with van der Waals surface area (Å²) in [4.78, 5) is 0. The molecule has 84 valence electrons. The Balaban J connectivity index is 2.13. The first-order valence-electron chi connectivity index (χ1n) is 6.19. The van der Waals surface area contributed by atoms with Crippen LogP contribution < -0.4 is 5.32 Å². The Kier molecular flexibility index (Phi) is 6.20. The molecule has 1 rings (SSSR count). The average Bonchev–Trinajstić information content (AvgIpc) is 2.43.